The lowest BCUT2D eigenvalue weighted by Gasteiger charge is -2.35. The van der Waals surface area contributed by atoms with E-state index < -0.39 is 0 Å². The Kier molecular flexibility index (Phi) is 5.20. The Labute approximate surface area is 177 Å². The Bertz CT molecular complexity index is 1090. The van der Waals surface area contributed by atoms with Crippen LogP contribution in [0.3, 0.4) is 0 Å². The summed E-state index contributed by atoms with van der Waals surface area (Å²) in [4.78, 5) is 7.19. The van der Waals surface area contributed by atoms with Gasteiger partial charge >= 0.3 is 0 Å². The van der Waals surface area contributed by atoms with Gasteiger partial charge in [0, 0.05) is 31.5 Å². The van der Waals surface area contributed by atoms with Crippen LogP contribution in [0.5, 0.6) is 0 Å². The highest BCUT2D eigenvalue weighted by atomic mass is 15.2. The quantitative estimate of drug-likeness (QED) is 0.503. The Balaban J connectivity index is 1.39. The normalized spacial score (nSPS) is 17.3. The molecule has 1 atom stereocenters. The molecule has 5 nitrogen and oxygen atoms in total. The number of rotatable bonds is 5. The average molecular weight is 398 g/mol. The highest BCUT2D eigenvalue weighted by molar-refractivity contribution is 5.69. The molecule has 1 N–H and O–H groups in total. The van der Waals surface area contributed by atoms with Gasteiger partial charge in [-0.25, -0.2) is 4.98 Å². The minimum Gasteiger partial charge on any atom is -0.337 e. The molecule has 30 heavy (non-hydrogen) atoms. The summed E-state index contributed by atoms with van der Waals surface area (Å²) in [5.74, 6) is 1.16. The van der Waals surface area contributed by atoms with Crippen LogP contribution >= 0.6 is 0 Å². The van der Waals surface area contributed by atoms with Gasteiger partial charge in [0.2, 0.25) is 0 Å². The fraction of sp³-hybridized carbons (Fsp3) is 0.280. The van der Waals surface area contributed by atoms with Crippen molar-refractivity contribution in [1.82, 2.24) is 24.6 Å². The minimum absolute atomic E-state index is 0.363. The zero-order valence-corrected chi connectivity index (χ0v) is 17.3. The van der Waals surface area contributed by atoms with Crippen LogP contribution in [0.25, 0.3) is 22.4 Å². The van der Waals surface area contributed by atoms with Gasteiger partial charge in [-0.2, -0.15) is 5.10 Å². The van der Waals surface area contributed by atoms with E-state index in [1.807, 2.05) is 24.7 Å². The van der Waals surface area contributed by atoms with Gasteiger partial charge in [0.15, 0.2) is 0 Å². The molecule has 1 fully saturated rings. The standard InChI is InChI=1S/C25H27N5/c1-29-16-14-26-25(29)23-9-5-6-15-30(23)18-22-17-27-28-24(22)21-12-10-20(11-13-21)19-7-3-2-4-8-19/h2-4,7-8,10-14,16-17,23H,5-6,9,15,18H2,1H3,(H,27,28). The first-order valence-corrected chi connectivity index (χ1v) is 10.7. The molecule has 152 valence electrons. The summed E-state index contributed by atoms with van der Waals surface area (Å²) in [7, 11) is 2.09. The van der Waals surface area contributed by atoms with Gasteiger partial charge in [-0.1, -0.05) is 61.0 Å². The molecule has 0 radical (unpaired) electrons. The summed E-state index contributed by atoms with van der Waals surface area (Å²) >= 11 is 0. The van der Waals surface area contributed by atoms with Crippen molar-refractivity contribution in [3.8, 4) is 22.4 Å². The van der Waals surface area contributed by atoms with Crippen LogP contribution in [0.4, 0.5) is 0 Å². The molecule has 0 amide bonds. The number of hydrogen-bond acceptors (Lipinski definition) is 3. The number of aryl methyl sites for hydroxylation is 1. The van der Waals surface area contributed by atoms with Gasteiger partial charge in [0.25, 0.3) is 0 Å². The largest absolute Gasteiger partial charge is 0.337 e. The summed E-state index contributed by atoms with van der Waals surface area (Å²) in [6.07, 6.45) is 9.57. The third-order valence-corrected chi connectivity index (χ3v) is 6.14. The minimum atomic E-state index is 0.363. The van der Waals surface area contributed by atoms with Crippen molar-refractivity contribution < 1.29 is 0 Å². The van der Waals surface area contributed by atoms with E-state index >= 15 is 0 Å². The molecule has 0 bridgehead atoms. The fourth-order valence-electron chi connectivity index (χ4n) is 4.53. The number of aromatic nitrogens is 4. The van der Waals surface area contributed by atoms with E-state index in [9.17, 15) is 0 Å². The SMILES string of the molecule is Cn1ccnc1C1CCCCN1Cc1cn[nH]c1-c1ccc(-c2ccccc2)cc1. The molecule has 1 saturated heterocycles. The van der Waals surface area contributed by atoms with Gasteiger partial charge in [-0.15, -0.1) is 0 Å². The van der Waals surface area contributed by atoms with Gasteiger partial charge in [0.05, 0.1) is 17.9 Å². The molecule has 1 aliphatic rings. The number of H-pyrrole nitrogens is 1. The van der Waals surface area contributed by atoms with E-state index in [4.69, 9.17) is 0 Å². The monoisotopic (exact) mass is 397 g/mol. The van der Waals surface area contributed by atoms with Crippen LogP contribution in [0, 0.1) is 0 Å². The van der Waals surface area contributed by atoms with Crippen LogP contribution in [0.15, 0.2) is 73.2 Å². The summed E-state index contributed by atoms with van der Waals surface area (Å²) in [5, 5.41) is 7.61. The predicted octanol–water partition coefficient (Wildman–Crippen LogP) is 5.20. The van der Waals surface area contributed by atoms with E-state index in [2.05, 4.69) is 80.2 Å². The van der Waals surface area contributed by atoms with Crippen molar-refractivity contribution in [2.75, 3.05) is 6.54 Å². The zero-order valence-electron chi connectivity index (χ0n) is 17.3. The smallest absolute Gasteiger partial charge is 0.125 e. The van der Waals surface area contributed by atoms with Crippen molar-refractivity contribution in [3.63, 3.8) is 0 Å². The molecular formula is C25H27N5. The summed E-state index contributed by atoms with van der Waals surface area (Å²) in [6, 6.07) is 19.6. The molecule has 5 rings (SSSR count). The lowest BCUT2D eigenvalue weighted by atomic mass is 9.99. The Hall–Kier alpha value is -3.18. The first-order valence-electron chi connectivity index (χ1n) is 10.7. The van der Waals surface area contributed by atoms with Crippen molar-refractivity contribution >= 4 is 0 Å². The van der Waals surface area contributed by atoms with E-state index in [0.717, 1.165) is 31.0 Å². The maximum absolute atomic E-state index is 4.64. The van der Waals surface area contributed by atoms with E-state index in [0.29, 0.717) is 6.04 Å². The second kappa shape index (κ2) is 8.28. The van der Waals surface area contributed by atoms with Crippen molar-refractivity contribution in [2.45, 2.75) is 31.8 Å². The summed E-state index contributed by atoms with van der Waals surface area (Å²) in [6.45, 7) is 1.97. The maximum Gasteiger partial charge on any atom is 0.125 e. The van der Waals surface area contributed by atoms with Crippen LogP contribution in [-0.4, -0.2) is 31.2 Å². The molecule has 4 aromatic rings. The van der Waals surface area contributed by atoms with E-state index in [1.54, 1.807) is 0 Å². The average Bonchev–Trinajstić information content (AvgIpc) is 3.44. The Morgan fingerprint density at radius 2 is 1.73 bits per heavy atom. The molecule has 0 aliphatic carbocycles. The highest BCUT2D eigenvalue weighted by Crippen LogP contribution is 2.33. The third-order valence-electron chi connectivity index (χ3n) is 6.14. The first kappa shape index (κ1) is 18.8. The zero-order chi connectivity index (χ0) is 20.3. The molecule has 5 heteroatoms. The number of likely N-dealkylation sites (tertiary alicyclic amines) is 1. The number of imidazole rings is 1. The number of nitrogens with zero attached hydrogens (tertiary/aromatic N) is 4. The molecule has 2 aromatic carbocycles. The Morgan fingerprint density at radius 3 is 2.50 bits per heavy atom. The lowest BCUT2D eigenvalue weighted by molar-refractivity contribution is 0.132. The van der Waals surface area contributed by atoms with Crippen molar-refractivity contribution in [2.24, 2.45) is 7.05 Å². The van der Waals surface area contributed by atoms with Gasteiger partial charge < -0.3 is 4.57 Å². The summed E-state index contributed by atoms with van der Waals surface area (Å²) in [5.41, 5.74) is 5.99. The highest BCUT2D eigenvalue weighted by Gasteiger charge is 2.27. The fourth-order valence-corrected chi connectivity index (χ4v) is 4.53. The first-order chi connectivity index (χ1) is 14.8. The van der Waals surface area contributed by atoms with E-state index in [1.165, 1.54) is 35.1 Å². The molecule has 2 aromatic heterocycles. The topological polar surface area (TPSA) is 49.7 Å². The lowest BCUT2D eigenvalue weighted by Crippen LogP contribution is -2.34. The summed E-state index contributed by atoms with van der Waals surface area (Å²) < 4.78 is 2.15. The van der Waals surface area contributed by atoms with Gasteiger partial charge in [-0.3, -0.25) is 10.00 Å². The molecule has 0 saturated carbocycles. The molecule has 0 spiro atoms. The van der Waals surface area contributed by atoms with Crippen LogP contribution in [0.2, 0.25) is 0 Å². The molecular weight excluding hydrogens is 370 g/mol. The molecule has 1 aliphatic heterocycles. The maximum atomic E-state index is 4.64. The Morgan fingerprint density at radius 1 is 0.967 bits per heavy atom. The van der Waals surface area contributed by atoms with Crippen LogP contribution < -0.4 is 0 Å². The number of benzene rings is 2. The van der Waals surface area contributed by atoms with Crippen molar-refractivity contribution in [1.29, 1.82) is 0 Å². The predicted molar refractivity (Wildman–Crippen MR) is 120 cm³/mol. The molecule has 1 unspecified atom stereocenters. The number of nitrogens with one attached hydrogen (secondary N) is 1. The number of aromatic amines is 1. The second-order valence-electron chi connectivity index (χ2n) is 8.09. The second-order valence-corrected chi connectivity index (χ2v) is 8.09. The van der Waals surface area contributed by atoms with Gasteiger partial charge in [-0.05, 0) is 36.1 Å². The number of piperidine rings is 1. The number of hydrogen-bond donors (Lipinski definition) is 1. The third kappa shape index (κ3) is 3.68. The molecule has 3 heterocycles. The van der Waals surface area contributed by atoms with Crippen LogP contribution in [-0.2, 0) is 13.6 Å². The van der Waals surface area contributed by atoms with Gasteiger partial charge in [0.1, 0.15) is 5.82 Å². The van der Waals surface area contributed by atoms with Crippen molar-refractivity contribution in [3.05, 3.63) is 84.6 Å². The van der Waals surface area contributed by atoms with Crippen LogP contribution in [0.1, 0.15) is 36.7 Å². The van der Waals surface area contributed by atoms with E-state index in [-0.39, 0.29) is 0 Å².